The number of ether oxygens (including phenoxy) is 1. The molecular formula is C17H14FNO2. The lowest BCUT2D eigenvalue weighted by atomic mass is 10.0. The van der Waals surface area contributed by atoms with Crippen LogP contribution in [0.25, 0.3) is 10.9 Å². The van der Waals surface area contributed by atoms with Crippen molar-refractivity contribution in [3.8, 4) is 5.75 Å². The summed E-state index contributed by atoms with van der Waals surface area (Å²) in [5.41, 5.74) is 1.37. The fourth-order valence-corrected chi connectivity index (χ4v) is 2.54. The van der Waals surface area contributed by atoms with E-state index in [9.17, 15) is 9.18 Å². The number of hydrogen-bond donors (Lipinski definition) is 0. The van der Waals surface area contributed by atoms with Gasteiger partial charge in [-0.2, -0.15) is 0 Å². The zero-order valence-corrected chi connectivity index (χ0v) is 11.8. The lowest BCUT2D eigenvalue weighted by Crippen LogP contribution is -2.03. The summed E-state index contributed by atoms with van der Waals surface area (Å²) >= 11 is 0. The molecule has 0 bridgehead atoms. The van der Waals surface area contributed by atoms with Crippen LogP contribution in [-0.4, -0.2) is 17.5 Å². The first kappa shape index (κ1) is 13.4. The summed E-state index contributed by atoms with van der Waals surface area (Å²) < 4.78 is 21.0. The first-order valence-electron chi connectivity index (χ1n) is 6.54. The average molecular weight is 283 g/mol. The number of aryl methyl sites for hydroxylation is 1. The standard InChI is InChI=1S/C17H14FNO2/c1-19-10-12(16-14(19)8-5-9-15(16)21-2)17(20)11-6-3-4-7-13(11)18/h3-10H,1-2H3. The van der Waals surface area contributed by atoms with Crippen molar-refractivity contribution in [2.24, 2.45) is 7.05 Å². The van der Waals surface area contributed by atoms with Crippen LogP contribution in [0.5, 0.6) is 5.75 Å². The third kappa shape index (κ3) is 2.09. The van der Waals surface area contributed by atoms with Gasteiger partial charge in [0.1, 0.15) is 11.6 Å². The molecular weight excluding hydrogens is 269 g/mol. The molecule has 3 nitrogen and oxygen atoms in total. The van der Waals surface area contributed by atoms with E-state index in [4.69, 9.17) is 4.74 Å². The van der Waals surface area contributed by atoms with Gasteiger partial charge in [0, 0.05) is 13.2 Å². The van der Waals surface area contributed by atoms with Gasteiger partial charge in [-0.15, -0.1) is 0 Å². The molecule has 21 heavy (non-hydrogen) atoms. The van der Waals surface area contributed by atoms with Crippen LogP contribution in [0.3, 0.4) is 0 Å². The molecule has 0 aliphatic rings. The van der Waals surface area contributed by atoms with Crippen LogP contribution in [-0.2, 0) is 7.05 Å². The number of rotatable bonds is 3. The van der Waals surface area contributed by atoms with Crippen molar-refractivity contribution < 1.29 is 13.9 Å². The van der Waals surface area contributed by atoms with E-state index >= 15 is 0 Å². The topological polar surface area (TPSA) is 31.2 Å². The number of methoxy groups -OCH3 is 1. The van der Waals surface area contributed by atoms with Crippen molar-refractivity contribution >= 4 is 16.7 Å². The number of fused-ring (bicyclic) bond motifs is 1. The molecule has 0 fully saturated rings. The van der Waals surface area contributed by atoms with Crippen LogP contribution in [0, 0.1) is 5.82 Å². The van der Waals surface area contributed by atoms with Gasteiger partial charge in [-0.05, 0) is 24.3 Å². The normalized spacial score (nSPS) is 10.8. The highest BCUT2D eigenvalue weighted by atomic mass is 19.1. The largest absolute Gasteiger partial charge is 0.496 e. The minimum absolute atomic E-state index is 0.0657. The maximum atomic E-state index is 13.9. The molecule has 0 atom stereocenters. The van der Waals surface area contributed by atoms with Gasteiger partial charge < -0.3 is 9.30 Å². The second-order valence-electron chi connectivity index (χ2n) is 4.82. The molecule has 3 rings (SSSR count). The van der Waals surface area contributed by atoms with Gasteiger partial charge in [0.05, 0.1) is 29.1 Å². The number of carbonyl (C=O) groups is 1. The molecule has 0 radical (unpaired) electrons. The quantitative estimate of drug-likeness (QED) is 0.688. The third-order valence-electron chi connectivity index (χ3n) is 3.56. The van der Waals surface area contributed by atoms with E-state index in [2.05, 4.69) is 0 Å². The summed E-state index contributed by atoms with van der Waals surface area (Å²) in [5.74, 6) is -0.259. The van der Waals surface area contributed by atoms with Gasteiger partial charge in [0.2, 0.25) is 0 Å². The highest BCUT2D eigenvalue weighted by molar-refractivity contribution is 6.17. The van der Waals surface area contributed by atoms with Gasteiger partial charge >= 0.3 is 0 Å². The molecule has 0 aliphatic carbocycles. The molecule has 0 spiro atoms. The fourth-order valence-electron chi connectivity index (χ4n) is 2.54. The van der Waals surface area contributed by atoms with Crippen LogP contribution < -0.4 is 4.74 Å². The Morgan fingerprint density at radius 2 is 1.86 bits per heavy atom. The Morgan fingerprint density at radius 3 is 2.57 bits per heavy atom. The van der Waals surface area contributed by atoms with Crippen LogP contribution in [0.1, 0.15) is 15.9 Å². The highest BCUT2D eigenvalue weighted by Crippen LogP contribution is 2.31. The third-order valence-corrected chi connectivity index (χ3v) is 3.56. The first-order valence-corrected chi connectivity index (χ1v) is 6.54. The van der Waals surface area contributed by atoms with E-state index < -0.39 is 5.82 Å². The first-order chi connectivity index (χ1) is 10.1. The highest BCUT2D eigenvalue weighted by Gasteiger charge is 2.20. The molecule has 3 aromatic rings. The van der Waals surface area contributed by atoms with Crippen molar-refractivity contribution in [2.45, 2.75) is 0 Å². The minimum atomic E-state index is -0.519. The number of aromatic nitrogens is 1. The number of nitrogens with zero attached hydrogens (tertiary/aromatic N) is 1. The van der Waals surface area contributed by atoms with Gasteiger partial charge in [0.25, 0.3) is 0 Å². The summed E-state index contributed by atoms with van der Waals surface area (Å²) in [6.45, 7) is 0. The van der Waals surface area contributed by atoms with Crippen molar-refractivity contribution in [1.82, 2.24) is 4.57 Å². The minimum Gasteiger partial charge on any atom is -0.496 e. The molecule has 0 saturated carbocycles. The predicted octanol–water partition coefficient (Wildman–Crippen LogP) is 3.56. The lowest BCUT2D eigenvalue weighted by molar-refractivity contribution is 0.103. The summed E-state index contributed by atoms with van der Waals surface area (Å²) in [5, 5.41) is 0.704. The SMILES string of the molecule is COc1cccc2c1c(C(=O)c1ccccc1F)cn2C. The molecule has 1 aromatic heterocycles. The Labute approximate surface area is 121 Å². The lowest BCUT2D eigenvalue weighted by Gasteiger charge is -2.05. The Bertz CT molecular complexity index is 836. The van der Waals surface area contributed by atoms with Gasteiger partial charge in [-0.1, -0.05) is 18.2 Å². The van der Waals surface area contributed by atoms with E-state index in [0.29, 0.717) is 16.7 Å². The van der Waals surface area contributed by atoms with Crippen molar-refractivity contribution in [2.75, 3.05) is 7.11 Å². The van der Waals surface area contributed by atoms with Crippen LogP contribution >= 0.6 is 0 Å². The Morgan fingerprint density at radius 1 is 1.10 bits per heavy atom. The Hall–Kier alpha value is -2.62. The number of benzene rings is 2. The van der Waals surface area contributed by atoms with Crippen LogP contribution in [0.2, 0.25) is 0 Å². The average Bonchev–Trinajstić information content (AvgIpc) is 2.84. The second kappa shape index (κ2) is 5.05. The molecule has 0 saturated heterocycles. The molecule has 106 valence electrons. The van der Waals surface area contributed by atoms with E-state index in [1.165, 1.54) is 12.1 Å². The number of hydrogen-bond acceptors (Lipinski definition) is 2. The number of ketones is 1. The number of carbonyl (C=O) groups excluding carboxylic acids is 1. The maximum absolute atomic E-state index is 13.9. The Kier molecular flexibility index (Phi) is 3.22. The summed E-state index contributed by atoms with van der Waals surface area (Å²) in [6, 6.07) is 11.5. The van der Waals surface area contributed by atoms with Crippen molar-refractivity contribution in [1.29, 1.82) is 0 Å². The summed E-state index contributed by atoms with van der Waals surface area (Å²) in [7, 11) is 3.40. The van der Waals surface area contributed by atoms with Gasteiger partial charge in [-0.3, -0.25) is 4.79 Å². The molecule has 1 heterocycles. The Balaban J connectivity index is 2.26. The zero-order chi connectivity index (χ0) is 15.0. The van der Waals surface area contributed by atoms with E-state index in [0.717, 1.165) is 5.52 Å². The monoisotopic (exact) mass is 283 g/mol. The second-order valence-corrected chi connectivity index (χ2v) is 4.82. The molecule has 4 heteroatoms. The van der Waals surface area contributed by atoms with E-state index in [1.54, 1.807) is 31.5 Å². The molecule has 0 aliphatic heterocycles. The summed E-state index contributed by atoms with van der Waals surface area (Å²) in [4.78, 5) is 12.7. The van der Waals surface area contributed by atoms with Crippen LogP contribution in [0.4, 0.5) is 4.39 Å². The summed E-state index contributed by atoms with van der Waals surface area (Å²) in [6.07, 6.45) is 1.71. The predicted molar refractivity (Wildman–Crippen MR) is 79.3 cm³/mol. The molecule has 2 aromatic carbocycles. The van der Waals surface area contributed by atoms with E-state index in [-0.39, 0.29) is 11.3 Å². The zero-order valence-electron chi connectivity index (χ0n) is 11.8. The smallest absolute Gasteiger partial charge is 0.198 e. The fraction of sp³-hybridized carbons (Fsp3) is 0.118. The van der Waals surface area contributed by atoms with Crippen molar-refractivity contribution in [3.63, 3.8) is 0 Å². The molecule has 0 N–H and O–H groups in total. The van der Waals surface area contributed by atoms with E-state index in [1.807, 2.05) is 23.7 Å². The van der Waals surface area contributed by atoms with Crippen molar-refractivity contribution in [3.05, 3.63) is 65.6 Å². The number of halogens is 1. The molecule has 0 unspecified atom stereocenters. The molecule has 0 amide bonds. The van der Waals surface area contributed by atoms with Gasteiger partial charge in [-0.25, -0.2) is 4.39 Å². The van der Waals surface area contributed by atoms with Gasteiger partial charge in [0.15, 0.2) is 5.78 Å². The van der Waals surface area contributed by atoms with Crippen LogP contribution in [0.15, 0.2) is 48.7 Å². The maximum Gasteiger partial charge on any atom is 0.198 e.